The van der Waals surface area contributed by atoms with E-state index in [-0.39, 0.29) is 18.4 Å². The second kappa shape index (κ2) is 12.0. The standard InChI is InChI=1S/C25H34FN3O4S/c1-6-21-9-7-8-10-23(21)29(34(5,32)33)17-24(30)28(16-20-11-13-22(26)14-12-20)19(4)25(31)27-15-18(2)3/h7-14,18-19H,6,15-17H2,1-5H3,(H,27,31). The summed E-state index contributed by atoms with van der Waals surface area (Å²) in [6, 6.07) is 11.8. The minimum absolute atomic E-state index is 0.0302. The predicted octanol–water partition coefficient (Wildman–Crippen LogP) is 3.34. The molecule has 0 aliphatic heterocycles. The summed E-state index contributed by atoms with van der Waals surface area (Å²) in [5, 5.41) is 2.82. The van der Waals surface area contributed by atoms with Gasteiger partial charge in [-0.05, 0) is 48.6 Å². The molecule has 2 aromatic carbocycles. The molecule has 0 bridgehead atoms. The van der Waals surface area contributed by atoms with E-state index >= 15 is 0 Å². The molecule has 0 saturated carbocycles. The van der Waals surface area contributed by atoms with Gasteiger partial charge in [-0.15, -0.1) is 0 Å². The molecule has 7 nitrogen and oxygen atoms in total. The topological polar surface area (TPSA) is 86.8 Å². The van der Waals surface area contributed by atoms with Gasteiger partial charge in [0.25, 0.3) is 0 Å². The maximum Gasteiger partial charge on any atom is 0.244 e. The molecule has 34 heavy (non-hydrogen) atoms. The van der Waals surface area contributed by atoms with E-state index in [1.54, 1.807) is 19.1 Å². The summed E-state index contributed by atoms with van der Waals surface area (Å²) in [6.07, 6.45) is 1.64. The maximum atomic E-state index is 13.5. The quantitative estimate of drug-likeness (QED) is 0.522. The minimum Gasteiger partial charge on any atom is -0.354 e. The lowest BCUT2D eigenvalue weighted by molar-refractivity contribution is -0.139. The van der Waals surface area contributed by atoms with Gasteiger partial charge < -0.3 is 10.2 Å². The summed E-state index contributed by atoms with van der Waals surface area (Å²) in [7, 11) is -3.79. The average molecular weight is 492 g/mol. The minimum atomic E-state index is -3.79. The van der Waals surface area contributed by atoms with Crippen LogP contribution in [0.15, 0.2) is 48.5 Å². The smallest absolute Gasteiger partial charge is 0.244 e. The fraction of sp³-hybridized carbons (Fsp3) is 0.440. The van der Waals surface area contributed by atoms with Crippen molar-refractivity contribution >= 4 is 27.5 Å². The zero-order chi connectivity index (χ0) is 25.5. The van der Waals surface area contributed by atoms with Gasteiger partial charge in [-0.2, -0.15) is 0 Å². The second-order valence-corrected chi connectivity index (χ2v) is 10.6. The molecular formula is C25H34FN3O4S. The van der Waals surface area contributed by atoms with Gasteiger partial charge in [-0.1, -0.05) is 51.1 Å². The van der Waals surface area contributed by atoms with Crippen molar-refractivity contribution < 1.29 is 22.4 Å². The molecule has 0 fully saturated rings. The van der Waals surface area contributed by atoms with Gasteiger partial charge in [-0.25, -0.2) is 12.8 Å². The predicted molar refractivity (Wildman–Crippen MR) is 132 cm³/mol. The number of nitrogens with one attached hydrogen (secondary N) is 1. The highest BCUT2D eigenvalue weighted by Crippen LogP contribution is 2.24. The molecule has 1 N–H and O–H groups in total. The van der Waals surface area contributed by atoms with Crippen molar-refractivity contribution in [1.29, 1.82) is 0 Å². The molecule has 0 heterocycles. The largest absolute Gasteiger partial charge is 0.354 e. The number of rotatable bonds is 11. The highest BCUT2D eigenvalue weighted by Gasteiger charge is 2.30. The summed E-state index contributed by atoms with van der Waals surface area (Å²) in [4.78, 5) is 27.6. The molecule has 0 aromatic heterocycles. The first-order valence-corrected chi connectivity index (χ1v) is 13.2. The first-order chi connectivity index (χ1) is 15.9. The second-order valence-electron chi connectivity index (χ2n) is 8.71. The van der Waals surface area contributed by atoms with Gasteiger partial charge in [0, 0.05) is 13.1 Å². The molecule has 0 spiro atoms. The number of hydrogen-bond acceptors (Lipinski definition) is 4. The van der Waals surface area contributed by atoms with Gasteiger partial charge in [0.05, 0.1) is 11.9 Å². The number of sulfonamides is 1. The Balaban J connectivity index is 2.39. The number of para-hydroxylation sites is 1. The van der Waals surface area contributed by atoms with Crippen LogP contribution in [-0.2, 0) is 32.6 Å². The Morgan fingerprint density at radius 2 is 1.65 bits per heavy atom. The van der Waals surface area contributed by atoms with Crippen LogP contribution in [0.5, 0.6) is 0 Å². The Hall–Kier alpha value is -2.94. The Morgan fingerprint density at radius 3 is 2.21 bits per heavy atom. The van der Waals surface area contributed by atoms with E-state index in [0.717, 1.165) is 16.1 Å². The van der Waals surface area contributed by atoms with Gasteiger partial charge in [-0.3, -0.25) is 13.9 Å². The summed E-state index contributed by atoms with van der Waals surface area (Å²) in [5.41, 5.74) is 1.84. The third-order valence-electron chi connectivity index (χ3n) is 5.44. The molecular weight excluding hydrogens is 457 g/mol. The lowest BCUT2D eigenvalue weighted by atomic mass is 10.1. The third-order valence-corrected chi connectivity index (χ3v) is 6.56. The zero-order valence-electron chi connectivity index (χ0n) is 20.4. The molecule has 0 aliphatic rings. The summed E-state index contributed by atoms with van der Waals surface area (Å²) < 4.78 is 39.8. The van der Waals surface area contributed by atoms with E-state index in [9.17, 15) is 22.4 Å². The van der Waals surface area contributed by atoms with Gasteiger partial charge >= 0.3 is 0 Å². The number of carbonyl (C=O) groups is 2. The number of nitrogens with zero attached hydrogens (tertiary/aromatic N) is 2. The maximum absolute atomic E-state index is 13.5. The molecule has 186 valence electrons. The molecule has 0 saturated heterocycles. The van der Waals surface area contributed by atoms with Crippen LogP contribution in [0.2, 0.25) is 0 Å². The number of aryl methyl sites for hydroxylation is 1. The van der Waals surface area contributed by atoms with Gasteiger partial charge in [0.15, 0.2) is 0 Å². The van der Waals surface area contributed by atoms with E-state index in [1.807, 2.05) is 32.9 Å². The summed E-state index contributed by atoms with van der Waals surface area (Å²) >= 11 is 0. The Labute approximate surface area is 202 Å². The average Bonchev–Trinajstić information content (AvgIpc) is 2.79. The van der Waals surface area contributed by atoms with Crippen LogP contribution in [0.3, 0.4) is 0 Å². The van der Waals surface area contributed by atoms with E-state index in [0.29, 0.717) is 24.2 Å². The molecule has 2 amide bonds. The normalized spacial score (nSPS) is 12.3. The number of hydrogen-bond donors (Lipinski definition) is 1. The van der Waals surface area contributed by atoms with E-state index < -0.39 is 34.3 Å². The van der Waals surface area contributed by atoms with Crippen molar-refractivity contribution in [3.05, 3.63) is 65.5 Å². The van der Waals surface area contributed by atoms with Crippen LogP contribution in [0, 0.1) is 11.7 Å². The van der Waals surface area contributed by atoms with Crippen molar-refractivity contribution in [2.75, 3.05) is 23.7 Å². The molecule has 2 aromatic rings. The van der Waals surface area contributed by atoms with Crippen LogP contribution < -0.4 is 9.62 Å². The highest BCUT2D eigenvalue weighted by molar-refractivity contribution is 7.92. The zero-order valence-corrected chi connectivity index (χ0v) is 21.2. The fourth-order valence-corrected chi connectivity index (χ4v) is 4.35. The number of carbonyl (C=O) groups excluding carboxylic acids is 2. The Bertz CT molecular complexity index is 1090. The molecule has 0 aliphatic carbocycles. The van der Waals surface area contributed by atoms with E-state index in [2.05, 4.69) is 5.32 Å². The first kappa shape index (κ1) is 27.3. The molecule has 1 atom stereocenters. The molecule has 1 unspecified atom stereocenters. The first-order valence-electron chi connectivity index (χ1n) is 11.3. The van der Waals surface area contributed by atoms with E-state index in [1.165, 1.54) is 29.2 Å². The van der Waals surface area contributed by atoms with Crippen LogP contribution >= 0.6 is 0 Å². The van der Waals surface area contributed by atoms with Crippen LogP contribution in [0.25, 0.3) is 0 Å². The molecule has 9 heteroatoms. The highest BCUT2D eigenvalue weighted by atomic mass is 32.2. The Kier molecular flexibility index (Phi) is 9.61. The number of benzene rings is 2. The third kappa shape index (κ3) is 7.55. The summed E-state index contributed by atoms with van der Waals surface area (Å²) in [5.74, 6) is -1.07. The van der Waals surface area contributed by atoms with Crippen molar-refractivity contribution in [1.82, 2.24) is 10.2 Å². The van der Waals surface area contributed by atoms with Gasteiger partial charge in [0.1, 0.15) is 18.4 Å². The Morgan fingerprint density at radius 1 is 1.03 bits per heavy atom. The lowest BCUT2D eigenvalue weighted by Crippen LogP contribution is -2.51. The number of anilines is 1. The van der Waals surface area contributed by atoms with Crippen molar-refractivity contribution in [2.45, 2.75) is 46.7 Å². The monoisotopic (exact) mass is 491 g/mol. The summed E-state index contributed by atoms with van der Waals surface area (Å²) in [6.45, 7) is 7.44. The van der Waals surface area contributed by atoms with Crippen molar-refractivity contribution in [3.8, 4) is 0 Å². The SMILES string of the molecule is CCc1ccccc1N(CC(=O)N(Cc1ccc(F)cc1)C(C)C(=O)NCC(C)C)S(C)(=O)=O. The van der Waals surface area contributed by atoms with E-state index in [4.69, 9.17) is 0 Å². The fourth-order valence-electron chi connectivity index (χ4n) is 3.47. The molecule has 2 rings (SSSR count). The number of halogens is 1. The van der Waals surface area contributed by atoms with Crippen LogP contribution in [0.1, 0.15) is 38.8 Å². The van der Waals surface area contributed by atoms with Crippen LogP contribution in [-0.4, -0.2) is 50.5 Å². The lowest BCUT2D eigenvalue weighted by Gasteiger charge is -2.32. The van der Waals surface area contributed by atoms with Crippen LogP contribution in [0.4, 0.5) is 10.1 Å². The molecule has 0 radical (unpaired) electrons. The number of amides is 2. The van der Waals surface area contributed by atoms with Gasteiger partial charge in [0.2, 0.25) is 21.8 Å². The van der Waals surface area contributed by atoms with Crippen molar-refractivity contribution in [3.63, 3.8) is 0 Å². The van der Waals surface area contributed by atoms with Crippen molar-refractivity contribution in [2.24, 2.45) is 5.92 Å².